The fourth-order valence-corrected chi connectivity index (χ4v) is 2.98. The third-order valence-electron chi connectivity index (χ3n) is 4.53. The van der Waals surface area contributed by atoms with Crippen molar-refractivity contribution in [2.24, 2.45) is 0 Å². The van der Waals surface area contributed by atoms with E-state index in [9.17, 15) is 14.0 Å². The number of carbonyl (C=O) groups is 1. The van der Waals surface area contributed by atoms with Crippen LogP contribution in [0.1, 0.15) is 34.1 Å². The van der Waals surface area contributed by atoms with Crippen molar-refractivity contribution in [3.05, 3.63) is 81.0 Å². The highest BCUT2D eigenvalue weighted by Crippen LogP contribution is 2.27. The van der Waals surface area contributed by atoms with Crippen molar-refractivity contribution in [1.82, 2.24) is 9.78 Å². The van der Waals surface area contributed by atoms with Crippen LogP contribution in [0.25, 0.3) is 0 Å². The maximum absolute atomic E-state index is 14.4. The summed E-state index contributed by atoms with van der Waals surface area (Å²) in [5.74, 6) is -0.697. The highest BCUT2D eigenvalue weighted by molar-refractivity contribution is 5.90. The third kappa shape index (κ3) is 5.09. The number of benzene rings is 2. The molecule has 1 heterocycles. The van der Waals surface area contributed by atoms with Crippen molar-refractivity contribution in [3.8, 4) is 17.2 Å². The molecule has 3 aromatic rings. The molecular weight excluding hydrogens is 403 g/mol. The van der Waals surface area contributed by atoms with Gasteiger partial charge in [0.25, 0.3) is 0 Å². The minimum Gasteiger partial charge on any atom is -0.497 e. The smallest absolute Gasteiger partial charge is 0.341 e. The first-order chi connectivity index (χ1) is 14.8. The molecule has 0 atom stereocenters. The number of hydrogen-bond donors (Lipinski definition) is 0. The molecule has 0 aliphatic rings. The minimum absolute atomic E-state index is 0.00685. The summed E-state index contributed by atoms with van der Waals surface area (Å²) >= 11 is 0. The van der Waals surface area contributed by atoms with Gasteiger partial charge in [0.1, 0.15) is 17.3 Å². The van der Waals surface area contributed by atoms with Crippen LogP contribution < -0.4 is 15.0 Å². The second-order valence-corrected chi connectivity index (χ2v) is 6.88. The van der Waals surface area contributed by atoms with E-state index >= 15 is 0 Å². The summed E-state index contributed by atoms with van der Waals surface area (Å²) in [7, 11) is 1.58. The molecule has 8 heteroatoms. The molecule has 0 aliphatic heterocycles. The normalized spacial score (nSPS) is 10.6. The van der Waals surface area contributed by atoms with Crippen molar-refractivity contribution in [2.75, 3.05) is 13.7 Å². The van der Waals surface area contributed by atoms with Gasteiger partial charge in [-0.1, -0.05) is 12.1 Å². The molecule has 0 spiro atoms. The van der Waals surface area contributed by atoms with Gasteiger partial charge in [-0.05, 0) is 50.1 Å². The molecule has 0 saturated heterocycles. The van der Waals surface area contributed by atoms with E-state index in [2.05, 4.69) is 5.10 Å². The van der Waals surface area contributed by atoms with Gasteiger partial charge in [0.2, 0.25) is 0 Å². The van der Waals surface area contributed by atoms with Gasteiger partial charge in [-0.3, -0.25) is 4.79 Å². The number of aromatic nitrogens is 2. The molecular formula is C23H23FN2O5. The van der Waals surface area contributed by atoms with Crippen LogP contribution in [0.4, 0.5) is 4.39 Å². The Hall–Kier alpha value is -3.68. The van der Waals surface area contributed by atoms with Crippen molar-refractivity contribution in [3.63, 3.8) is 0 Å². The van der Waals surface area contributed by atoms with Crippen LogP contribution in [0, 0.1) is 19.7 Å². The van der Waals surface area contributed by atoms with Gasteiger partial charge in [-0.15, -0.1) is 0 Å². The average Bonchev–Trinajstić information content (AvgIpc) is 2.74. The largest absolute Gasteiger partial charge is 0.497 e. The summed E-state index contributed by atoms with van der Waals surface area (Å²) in [5, 5.41) is 4.27. The first-order valence-electron chi connectivity index (χ1n) is 9.69. The van der Waals surface area contributed by atoms with Gasteiger partial charge < -0.3 is 14.2 Å². The zero-order valence-corrected chi connectivity index (χ0v) is 17.8. The van der Waals surface area contributed by atoms with E-state index in [0.717, 1.165) is 11.6 Å². The van der Waals surface area contributed by atoms with Gasteiger partial charge in [-0.2, -0.15) is 5.10 Å². The number of ether oxygens (including phenoxy) is 3. The van der Waals surface area contributed by atoms with E-state index in [1.54, 1.807) is 40.0 Å². The maximum atomic E-state index is 14.4. The molecule has 0 fully saturated rings. The van der Waals surface area contributed by atoms with Crippen LogP contribution in [0.3, 0.4) is 0 Å². The Morgan fingerprint density at radius 1 is 1.10 bits per heavy atom. The number of rotatable bonds is 7. The second kappa shape index (κ2) is 9.42. The number of methoxy groups -OCH3 is 1. The van der Waals surface area contributed by atoms with E-state index < -0.39 is 17.3 Å². The fourth-order valence-electron chi connectivity index (χ4n) is 2.98. The van der Waals surface area contributed by atoms with Gasteiger partial charge in [-0.25, -0.2) is 13.9 Å². The van der Waals surface area contributed by atoms with Gasteiger partial charge in [0.15, 0.2) is 5.75 Å². The number of halogens is 1. The molecule has 0 unspecified atom stereocenters. The van der Waals surface area contributed by atoms with E-state index in [0.29, 0.717) is 17.0 Å². The number of esters is 1. The lowest BCUT2D eigenvalue weighted by molar-refractivity contribution is 0.0521. The monoisotopic (exact) mass is 426 g/mol. The van der Waals surface area contributed by atoms with Crippen molar-refractivity contribution >= 4 is 5.97 Å². The molecule has 31 heavy (non-hydrogen) atoms. The molecule has 0 aliphatic carbocycles. The lowest BCUT2D eigenvalue weighted by atomic mass is 10.1. The highest BCUT2D eigenvalue weighted by Gasteiger charge is 2.18. The SMILES string of the molecule is CCOC(=O)c1cc(C)c(Oc2cc(C)nn(Cc3ccc(OC)cc3)c2=O)cc1F. The lowest BCUT2D eigenvalue weighted by Crippen LogP contribution is -2.25. The summed E-state index contributed by atoms with van der Waals surface area (Å²) in [4.78, 5) is 24.8. The summed E-state index contributed by atoms with van der Waals surface area (Å²) < 4.78 is 31.4. The molecule has 7 nitrogen and oxygen atoms in total. The van der Waals surface area contributed by atoms with E-state index in [1.165, 1.54) is 16.8 Å². The third-order valence-corrected chi connectivity index (χ3v) is 4.53. The van der Waals surface area contributed by atoms with Gasteiger partial charge in [0.05, 0.1) is 31.5 Å². The standard InChI is InChI=1S/C23H23FN2O5/c1-5-30-23(28)18-10-14(2)20(12-19(18)24)31-21-11-15(3)25-26(22(21)27)13-16-6-8-17(29-4)9-7-16/h6-12H,5,13H2,1-4H3. The van der Waals surface area contributed by atoms with Crippen LogP contribution in [-0.4, -0.2) is 29.5 Å². The Morgan fingerprint density at radius 3 is 2.45 bits per heavy atom. The molecule has 162 valence electrons. The number of nitrogens with zero attached hydrogens (tertiary/aromatic N) is 2. The molecule has 0 saturated carbocycles. The minimum atomic E-state index is -0.789. The van der Waals surface area contributed by atoms with E-state index in [1.807, 2.05) is 12.1 Å². The lowest BCUT2D eigenvalue weighted by Gasteiger charge is -2.13. The quantitative estimate of drug-likeness (QED) is 0.531. The summed E-state index contributed by atoms with van der Waals surface area (Å²) in [6.07, 6.45) is 0. The van der Waals surface area contributed by atoms with Crippen LogP contribution in [0.2, 0.25) is 0 Å². The predicted octanol–water partition coefficient (Wildman–Crippen LogP) is 4.03. The van der Waals surface area contributed by atoms with E-state index in [-0.39, 0.29) is 30.2 Å². The number of hydrogen-bond acceptors (Lipinski definition) is 6. The topological polar surface area (TPSA) is 79.7 Å². The number of carbonyl (C=O) groups excluding carboxylic acids is 1. The Kier molecular flexibility index (Phi) is 6.69. The first-order valence-corrected chi connectivity index (χ1v) is 9.69. The van der Waals surface area contributed by atoms with Gasteiger partial charge >= 0.3 is 11.5 Å². The Bertz CT molecular complexity index is 1160. The molecule has 1 aromatic heterocycles. The molecule has 0 N–H and O–H groups in total. The summed E-state index contributed by atoms with van der Waals surface area (Å²) in [6.45, 7) is 5.40. The molecule has 0 bridgehead atoms. The fraction of sp³-hybridized carbons (Fsp3) is 0.261. The van der Waals surface area contributed by atoms with Crippen molar-refractivity contribution in [2.45, 2.75) is 27.3 Å². The molecule has 0 amide bonds. The maximum Gasteiger partial charge on any atom is 0.341 e. The molecule has 3 rings (SSSR count). The predicted molar refractivity (Wildman–Crippen MR) is 112 cm³/mol. The molecule has 2 aromatic carbocycles. The Labute approximate surface area is 179 Å². The average molecular weight is 426 g/mol. The first kappa shape index (κ1) is 22.0. The zero-order chi connectivity index (χ0) is 22.5. The van der Waals surface area contributed by atoms with Crippen LogP contribution in [-0.2, 0) is 11.3 Å². The zero-order valence-electron chi connectivity index (χ0n) is 17.8. The summed E-state index contributed by atoms with van der Waals surface area (Å²) in [6, 6.07) is 11.2. The Morgan fingerprint density at radius 2 is 1.81 bits per heavy atom. The number of aryl methyl sites for hydroxylation is 2. The van der Waals surface area contributed by atoms with Crippen molar-refractivity contribution < 1.29 is 23.4 Å². The van der Waals surface area contributed by atoms with E-state index in [4.69, 9.17) is 14.2 Å². The second-order valence-electron chi connectivity index (χ2n) is 6.88. The van der Waals surface area contributed by atoms with Crippen LogP contribution in [0.15, 0.2) is 47.3 Å². The molecule has 0 radical (unpaired) electrons. The summed E-state index contributed by atoms with van der Waals surface area (Å²) in [5.41, 5.74) is 1.25. The van der Waals surface area contributed by atoms with Gasteiger partial charge in [0, 0.05) is 12.1 Å². The van der Waals surface area contributed by atoms with Crippen molar-refractivity contribution in [1.29, 1.82) is 0 Å². The van der Waals surface area contributed by atoms with Crippen LogP contribution >= 0.6 is 0 Å². The highest BCUT2D eigenvalue weighted by atomic mass is 19.1. The van der Waals surface area contributed by atoms with Crippen LogP contribution in [0.5, 0.6) is 17.2 Å². The Balaban J connectivity index is 1.91.